The van der Waals surface area contributed by atoms with Gasteiger partial charge < -0.3 is 10.6 Å². The van der Waals surface area contributed by atoms with Crippen LogP contribution < -0.4 is 10.6 Å². The molecule has 122 valence electrons. The third kappa shape index (κ3) is 3.62. The smallest absolute Gasteiger partial charge is 0.229 e. The quantitative estimate of drug-likeness (QED) is 0.729. The summed E-state index contributed by atoms with van der Waals surface area (Å²) in [4.78, 5) is 8.32. The Morgan fingerprint density at radius 2 is 1.54 bits per heavy atom. The molecule has 0 spiro atoms. The van der Waals surface area contributed by atoms with Gasteiger partial charge in [-0.2, -0.15) is 4.98 Å². The third-order valence-electron chi connectivity index (χ3n) is 3.15. The summed E-state index contributed by atoms with van der Waals surface area (Å²) in [5, 5.41) is 5.45. The van der Waals surface area contributed by atoms with Gasteiger partial charge in [-0.25, -0.2) is 18.2 Å². The SMILES string of the molecule is Cc1cc(Nc2c(F)cccc2F)nc(Nc2cccc(F)c2)n1. The highest BCUT2D eigenvalue weighted by atomic mass is 19.1. The van der Waals surface area contributed by atoms with Crippen molar-refractivity contribution in [2.24, 2.45) is 0 Å². The number of anilines is 4. The molecule has 0 aliphatic rings. The van der Waals surface area contributed by atoms with Crippen molar-refractivity contribution >= 4 is 23.1 Å². The van der Waals surface area contributed by atoms with Gasteiger partial charge in [0.2, 0.25) is 5.95 Å². The molecule has 0 unspecified atom stereocenters. The third-order valence-corrected chi connectivity index (χ3v) is 3.15. The van der Waals surface area contributed by atoms with Gasteiger partial charge in [0.05, 0.1) is 0 Å². The second-order valence-corrected chi connectivity index (χ2v) is 5.08. The minimum Gasteiger partial charge on any atom is -0.335 e. The van der Waals surface area contributed by atoms with Crippen molar-refractivity contribution in [3.05, 3.63) is 71.7 Å². The number of hydrogen-bond acceptors (Lipinski definition) is 4. The Morgan fingerprint density at radius 3 is 2.25 bits per heavy atom. The fourth-order valence-corrected chi connectivity index (χ4v) is 2.13. The molecule has 7 heteroatoms. The average molecular weight is 330 g/mol. The maximum Gasteiger partial charge on any atom is 0.229 e. The number of rotatable bonds is 4. The normalized spacial score (nSPS) is 10.5. The first kappa shape index (κ1) is 15.8. The zero-order chi connectivity index (χ0) is 17.1. The summed E-state index contributed by atoms with van der Waals surface area (Å²) in [7, 11) is 0. The first-order chi connectivity index (χ1) is 11.5. The monoisotopic (exact) mass is 330 g/mol. The molecule has 0 bridgehead atoms. The Kier molecular flexibility index (Phi) is 4.33. The molecule has 0 radical (unpaired) electrons. The molecule has 0 aliphatic carbocycles. The van der Waals surface area contributed by atoms with Crippen molar-refractivity contribution in [1.82, 2.24) is 9.97 Å². The van der Waals surface area contributed by atoms with Crippen LogP contribution in [0.4, 0.5) is 36.3 Å². The topological polar surface area (TPSA) is 49.8 Å². The van der Waals surface area contributed by atoms with E-state index in [9.17, 15) is 13.2 Å². The van der Waals surface area contributed by atoms with Crippen LogP contribution in [-0.2, 0) is 0 Å². The van der Waals surface area contributed by atoms with E-state index in [-0.39, 0.29) is 17.5 Å². The molecule has 0 atom stereocenters. The van der Waals surface area contributed by atoms with Crippen LogP contribution in [-0.4, -0.2) is 9.97 Å². The number of nitrogens with zero attached hydrogens (tertiary/aromatic N) is 2. The van der Waals surface area contributed by atoms with E-state index in [4.69, 9.17) is 0 Å². The van der Waals surface area contributed by atoms with Crippen LogP contribution >= 0.6 is 0 Å². The molecule has 3 aromatic rings. The summed E-state index contributed by atoms with van der Waals surface area (Å²) in [6.45, 7) is 1.71. The zero-order valence-electron chi connectivity index (χ0n) is 12.6. The maximum absolute atomic E-state index is 13.7. The van der Waals surface area contributed by atoms with E-state index in [1.807, 2.05) is 0 Å². The Bertz CT molecular complexity index is 863. The Hall–Kier alpha value is -3.09. The van der Waals surface area contributed by atoms with E-state index in [0.717, 1.165) is 12.1 Å². The number of nitrogens with one attached hydrogen (secondary N) is 2. The summed E-state index contributed by atoms with van der Waals surface area (Å²) in [5.41, 5.74) is 0.735. The molecule has 24 heavy (non-hydrogen) atoms. The summed E-state index contributed by atoms with van der Waals surface area (Å²) in [6, 6.07) is 10.9. The molecule has 4 nitrogen and oxygen atoms in total. The molecule has 0 fully saturated rings. The van der Waals surface area contributed by atoms with E-state index < -0.39 is 17.5 Å². The molecule has 0 saturated heterocycles. The molecule has 0 saturated carbocycles. The molecule has 1 heterocycles. The van der Waals surface area contributed by atoms with Crippen molar-refractivity contribution in [1.29, 1.82) is 0 Å². The molecule has 2 aromatic carbocycles. The standard InChI is InChI=1S/C17H13F3N4/c1-10-8-15(23-16-13(19)6-3-7-14(16)20)24-17(21-10)22-12-5-2-4-11(18)9-12/h2-9H,1H3,(H2,21,22,23,24). The molecule has 1 aromatic heterocycles. The van der Waals surface area contributed by atoms with Crippen molar-refractivity contribution in [3.8, 4) is 0 Å². The second kappa shape index (κ2) is 6.57. The fourth-order valence-electron chi connectivity index (χ4n) is 2.13. The number of hydrogen-bond donors (Lipinski definition) is 2. The largest absolute Gasteiger partial charge is 0.335 e. The van der Waals surface area contributed by atoms with E-state index >= 15 is 0 Å². The molecule has 0 aliphatic heterocycles. The van der Waals surface area contributed by atoms with Gasteiger partial charge in [0.25, 0.3) is 0 Å². The maximum atomic E-state index is 13.7. The minimum atomic E-state index is -0.731. The molecule has 3 rings (SSSR count). The van der Waals surface area contributed by atoms with Crippen LogP contribution in [0.1, 0.15) is 5.69 Å². The van der Waals surface area contributed by atoms with Gasteiger partial charge in [-0.15, -0.1) is 0 Å². The van der Waals surface area contributed by atoms with Gasteiger partial charge in [0.15, 0.2) is 0 Å². The highest BCUT2D eigenvalue weighted by Gasteiger charge is 2.10. The summed E-state index contributed by atoms with van der Waals surface area (Å²) >= 11 is 0. The number of halogens is 3. The number of benzene rings is 2. The predicted molar refractivity (Wildman–Crippen MR) is 86.1 cm³/mol. The van der Waals surface area contributed by atoms with Gasteiger partial charge in [0.1, 0.15) is 29.0 Å². The highest BCUT2D eigenvalue weighted by molar-refractivity contribution is 5.61. The van der Waals surface area contributed by atoms with Crippen molar-refractivity contribution in [2.75, 3.05) is 10.6 Å². The van der Waals surface area contributed by atoms with E-state index in [2.05, 4.69) is 20.6 Å². The van der Waals surface area contributed by atoms with Crippen LogP contribution in [0.15, 0.2) is 48.5 Å². The van der Waals surface area contributed by atoms with Crippen molar-refractivity contribution < 1.29 is 13.2 Å². The van der Waals surface area contributed by atoms with Crippen LogP contribution in [0.5, 0.6) is 0 Å². The van der Waals surface area contributed by atoms with Crippen LogP contribution in [0.2, 0.25) is 0 Å². The van der Waals surface area contributed by atoms with Crippen molar-refractivity contribution in [2.45, 2.75) is 6.92 Å². The predicted octanol–water partition coefficient (Wildman–Crippen LogP) is 4.69. The van der Waals surface area contributed by atoms with Gasteiger partial charge in [0, 0.05) is 17.4 Å². The Morgan fingerprint density at radius 1 is 0.833 bits per heavy atom. The summed E-state index contributed by atoms with van der Waals surface area (Å²) < 4.78 is 40.7. The van der Waals surface area contributed by atoms with E-state index in [0.29, 0.717) is 11.4 Å². The second-order valence-electron chi connectivity index (χ2n) is 5.08. The van der Waals surface area contributed by atoms with Crippen LogP contribution in [0, 0.1) is 24.4 Å². The zero-order valence-corrected chi connectivity index (χ0v) is 12.6. The van der Waals surface area contributed by atoms with Gasteiger partial charge in [-0.05, 0) is 37.3 Å². The summed E-state index contributed by atoms with van der Waals surface area (Å²) in [6.07, 6.45) is 0. The van der Waals surface area contributed by atoms with Gasteiger partial charge >= 0.3 is 0 Å². The van der Waals surface area contributed by atoms with Crippen molar-refractivity contribution in [3.63, 3.8) is 0 Å². The number of para-hydroxylation sites is 1. The molecule has 0 amide bonds. The molecular formula is C17H13F3N4. The number of aromatic nitrogens is 2. The Balaban J connectivity index is 1.89. The first-order valence-electron chi connectivity index (χ1n) is 7.10. The van der Waals surface area contributed by atoms with Gasteiger partial charge in [-0.1, -0.05) is 12.1 Å². The van der Waals surface area contributed by atoms with E-state index in [1.54, 1.807) is 25.1 Å². The Labute approximate surface area is 136 Å². The lowest BCUT2D eigenvalue weighted by atomic mass is 10.3. The molecular weight excluding hydrogens is 317 g/mol. The van der Waals surface area contributed by atoms with E-state index in [1.165, 1.54) is 18.2 Å². The first-order valence-corrected chi connectivity index (χ1v) is 7.10. The van der Waals surface area contributed by atoms with Gasteiger partial charge in [-0.3, -0.25) is 0 Å². The lowest BCUT2D eigenvalue weighted by molar-refractivity contribution is 0.590. The minimum absolute atomic E-state index is 0.180. The van der Waals surface area contributed by atoms with Crippen LogP contribution in [0.25, 0.3) is 0 Å². The lowest BCUT2D eigenvalue weighted by Gasteiger charge is -2.11. The lowest BCUT2D eigenvalue weighted by Crippen LogP contribution is -2.04. The molecule has 2 N–H and O–H groups in total. The average Bonchev–Trinajstić information content (AvgIpc) is 2.50. The fraction of sp³-hybridized carbons (Fsp3) is 0.0588. The van der Waals surface area contributed by atoms with Crippen LogP contribution in [0.3, 0.4) is 0 Å². The highest BCUT2D eigenvalue weighted by Crippen LogP contribution is 2.23. The summed E-state index contributed by atoms with van der Waals surface area (Å²) in [5.74, 6) is -1.47. The number of aryl methyl sites for hydroxylation is 1.